The summed E-state index contributed by atoms with van der Waals surface area (Å²) in [6.07, 6.45) is 3.12. The van der Waals surface area contributed by atoms with Crippen molar-refractivity contribution >= 4 is 21.8 Å². The molecule has 0 fully saturated rings. The zero-order chi connectivity index (χ0) is 17.9. The first-order chi connectivity index (χ1) is 11.9. The predicted molar refractivity (Wildman–Crippen MR) is 89.4 cm³/mol. The van der Waals surface area contributed by atoms with Gasteiger partial charge in [0.05, 0.1) is 4.90 Å². The molecular weight excluding hydrogens is 344 g/mol. The van der Waals surface area contributed by atoms with Crippen LogP contribution in [-0.2, 0) is 14.6 Å². The first kappa shape index (κ1) is 16.8. The van der Waals surface area contributed by atoms with E-state index in [0.29, 0.717) is 5.56 Å². The Hall–Kier alpha value is -3.07. The van der Waals surface area contributed by atoms with Gasteiger partial charge >= 0.3 is 6.01 Å². The SMILES string of the molecule is Cc1ccc(S(=O)(=O)CC(=O)Nc2nnc(-c3ccncc3)o2)cc1. The van der Waals surface area contributed by atoms with E-state index >= 15 is 0 Å². The Morgan fingerprint density at radius 2 is 1.76 bits per heavy atom. The van der Waals surface area contributed by atoms with Crippen molar-refractivity contribution in [2.45, 2.75) is 11.8 Å². The Balaban J connectivity index is 1.69. The first-order valence-corrected chi connectivity index (χ1v) is 8.92. The summed E-state index contributed by atoms with van der Waals surface area (Å²) >= 11 is 0. The number of anilines is 1. The van der Waals surface area contributed by atoms with Gasteiger partial charge in [0.25, 0.3) is 0 Å². The molecule has 1 N–H and O–H groups in total. The number of nitrogens with zero attached hydrogens (tertiary/aromatic N) is 3. The zero-order valence-corrected chi connectivity index (χ0v) is 14.0. The number of aromatic nitrogens is 3. The van der Waals surface area contributed by atoms with Crippen LogP contribution in [0.25, 0.3) is 11.5 Å². The number of hydrogen-bond acceptors (Lipinski definition) is 7. The molecule has 128 valence electrons. The second kappa shape index (κ2) is 6.81. The highest BCUT2D eigenvalue weighted by molar-refractivity contribution is 7.92. The lowest BCUT2D eigenvalue weighted by Crippen LogP contribution is -2.23. The number of sulfone groups is 1. The van der Waals surface area contributed by atoms with Crippen LogP contribution >= 0.6 is 0 Å². The van der Waals surface area contributed by atoms with Gasteiger partial charge in [0.15, 0.2) is 9.84 Å². The zero-order valence-electron chi connectivity index (χ0n) is 13.2. The Bertz CT molecular complexity index is 982. The summed E-state index contributed by atoms with van der Waals surface area (Å²) < 4.78 is 29.8. The van der Waals surface area contributed by atoms with Crippen LogP contribution in [0.3, 0.4) is 0 Å². The summed E-state index contributed by atoms with van der Waals surface area (Å²) in [5.74, 6) is -1.28. The van der Waals surface area contributed by atoms with Crippen molar-refractivity contribution in [3.8, 4) is 11.5 Å². The maximum absolute atomic E-state index is 12.2. The number of aryl methyl sites for hydroxylation is 1. The van der Waals surface area contributed by atoms with Gasteiger partial charge in [0, 0.05) is 18.0 Å². The van der Waals surface area contributed by atoms with E-state index in [1.165, 1.54) is 12.1 Å². The Morgan fingerprint density at radius 1 is 1.08 bits per heavy atom. The van der Waals surface area contributed by atoms with E-state index < -0.39 is 21.5 Å². The molecule has 3 aromatic rings. The average molecular weight is 358 g/mol. The standard InChI is InChI=1S/C16H14N4O4S/c1-11-2-4-13(5-3-11)25(22,23)10-14(21)18-16-20-19-15(24-16)12-6-8-17-9-7-12/h2-9H,10H2,1H3,(H,18,20,21). The van der Waals surface area contributed by atoms with Gasteiger partial charge in [-0.15, -0.1) is 5.10 Å². The van der Waals surface area contributed by atoms with Crippen LogP contribution in [0, 0.1) is 6.92 Å². The topological polar surface area (TPSA) is 115 Å². The largest absolute Gasteiger partial charge is 0.403 e. The number of carbonyl (C=O) groups excluding carboxylic acids is 1. The van der Waals surface area contributed by atoms with Crippen LogP contribution < -0.4 is 5.32 Å². The molecule has 0 aliphatic heterocycles. The molecule has 9 heteroatoms. The van der Waals surface area contributed by atoms with Crippen LogP contribution in [0.15, 0.2) is 58.1 Å². The molecule has 0 saturated carbocycles. The lowest BCUT2D eigenvalue weighted by Gasteiger charge is -2.04. The molecule has 2 heterocycles. The maximum atomic E-state index is 12.2. The quantitative estimate of drug-likeness (QED) is 0.740. The first-order valence-electron chi connectivity index (χ1n) is 7.27. The van der Waals surface area contributed by atoms with E-state index in [1.54, 1.807) is 36.7 Å². The number of carbonyl (C=O) groups is 1. The van der Waals surface area contributed by atoms with Gasteiger partial charge in [0.2, 0.25) is 11.8 Å². The van der Waals surface area contributed by atoms with E-state index in [-0.39, 0.29) is 16.8 Å². The molecule has 1 amide bonds. The van der Waals surface area contributed by atoms with Crippen LogP contribution in [0.5, 0.6) is 0 Å². The highest BCUT2D eigenvalue weighted by Crippen LogP contribution is 2.19. The second-order valence-corrected chi connectivity index (χ2v) is 7.26. The monoisotopic (exact) mass is 358 g/mol. The molecular formula is C16H14N4O4S. The molecule has 0 radical (unpaired) electrons. The van der Waals surface area contributed by atoms with Gasteiger partial charge in [0.1, 0.15) is 5.75 Å². The van der Waals surface area contributed by atoms with E-state index in [0.717, 1.165) is 5.56 Å². The molecule has 3 rings (SSSR count). The van der Waals surface area contributed by atoms with E-state index in [9.17, 15) is 13.2 Å². The molecule has 0 saturated heterocycles. The summed E-state index contributed by atoms with van der Waals surface area (Å²) in [4.78, 5) is 15.9. The van der Waals surface area contributed by atoms with Crippen molar-refractivity contribution in [3.05, 3.63) is 54.4 Å². The Morgan fingerprint density at radius 3 is 2.44 bits per heavy atom. The molecule has 25 heavy (non-hydrogen) atoms. The molecule has 0 atom stereocenters. The molecule has 0 aliphatic rings. The van der Waals surface area contributed by atoms with E-state index in [4.69, 9.17) is 4.42 Å². The van der Waals surface area contributed by atoms with Crippen molar-refractivity contribution in [2.24, 2.45) is 0 Å². The summed E-state index contributed by atoms with van der Waals surface area (Å²) in [6.45, 7) is 1.85. The number of nitrogens with one attached hydrogen (secondary N) is 1. The molecule has 0 unspecified atom stereocenters. The van der Waals surface area contributed by atoms with Crippen LogP contribution in [-0.4, -0.2) is 35.3 Å². The molecule has 8 nitrogen and oxygen atoms in total. The Kier molecular flexibility index (Phi) is 4.57. The summed E-state index contributed by atoms with van der Waals surface area (Å²) in [5, 5.41) is 9.77. The van der Waals surface area contributed by atoms with Crippen molar-refractivity contribution in [1.29, 1.82) is 0 Å². The van der Waals surface area contributed by atoms with Crippen LogP contribution in [0.2, 0.25) is 0 Å². The molecule has 0 aliphatic carbocycles. The normalized spacial score (nSPS) is 11.2. The molecule has 2 aromatic heterocycles. The van der Waals surface area contributed by atoms with Crippen LogP contribution in [0.4, 0.5) is 6.01 Å². The molecule has 0 spiro atoms. The number of benzene rings is 1. The summed E-state index contributed by atoms with van der Waals surface area (Å²) in [6, 6.07) is 9.43. The minimum absolute atomic E-state index is 0.0799. The van der Waals surface area contributed by atoms with E-state index in [2.05, 4.69) is 20.5 Å². The van der Waals surface area contributed by atoms with Crippen LogP contribution in [0.1, 0.15) is 5.56 Å². The van der Waals surface area contributed by atoms with E-state index in [1.807, 2.05) is 6.92 Å². The highest BCUT2D eigenvalue weighted by atomic mass is 32.2. The van der Waals surface area contributed by atoms with Crippen molar-refractivity contribution in [1.82, 2.24) is 15.2 Å². The van der Waals surface area contributed by atoms with Gasteiger partial charge in [-0.3, -0.25) is 15.1 Å². The Labute approximate surface area is 143 Å². The van der Waals surface area contributed by atoms with Crippen molar-refractivity contribution in [2.75, 3.05) is 11.1 Å². The molecule has 0 bridgehead atoms. The number of pyridine rings is 1. The summed E-state index contributed by atoms with van der Waals surface area (Å²) in [7, 11) is -3.75. The average Bonchev–Trinajstić information content (AvgIpc) is 3.04. The third kappa shape index (κ3) is 4.07. The number of rotatable bonds is 5. The third-order valence-electron chi connectivity index (χ3n) is 3.30. The predicted octanol–water partition coefficient (Wildman–Crippen LogP) is 1.85. The second-order valence-electron chi connectivity index (χ2n) is 5.27. The van der Waals surface area contributed by atoms with Crippen molar-refractivity contribution < 1.29 is 17.6 Å². The fraction of sp³-hybridized carbons (Fsp3) is 0.125. The van der Waals surface area contributed by atoms with Crippen molar-refractivity contribution in [3.63, 3.8) is 0 Å². The third-order valence-corrected chi connectivity index (χ3v) is 4.93. The van der Waals surface area contributed by atoms with Gasteiger partial charge in [-0.05, 0) is 31.2 Å². The number of hydrogen-bond donors (Lipinski definition) is 1. The fourth-order valence-corrected chi connectivity index (χ4v) is 3.18. The fourth-order valence-electron chi connectivity index (χ4n) is 2.04. The highest BCUT2D eigenvalue weighted by Gasteiger charge is 2.21. The van der Waals surface area contributed by atoms with Gasteiger partial charge in [-0.1, -0.05) is 22.8 Å². The number of amides is 1. The lowest BCUT2D eigenvalue weighted by atomic mass is 10.2. The molecule has 1 aromatic carbocycles. The minimum atomic E-state index is -3.75. The van der Waals surface area contributed by atoms with Gasteiger partial charge in [-0.25, -0.2) is 8.42 Å². The smallest absolute Gasteiger partial charge is 0.322 e. The maximum Gasteiger partial charge on any atom is 0.322 e. The lowest BCUT2D eigenvalue weighted by molar-refractivity contribution is -0.114. The summed E-state index contributed by atoms with van der Waals surface area (Å²) in [5.41, 5.74) is 1.56. The van der Waals surface area contributed by atoms with Gasteiger partial charge < -0.3 is 4.42 Å². The van der Waals surface area contributed by atoms with Gasteiger partial charge in [-0.2, -0.15) is 0 Å². The minimum Gasteiger partial charge on any atom is -0.403 e.